The third-order valence-corrected chi connectivity index (χ3v) is 12.0. The number of fused-ring (bicyclic) bond motifs is 3. The van der Waals surface area contributed by atoms with Gasteiger partial charge >= 0.3 is 0 Å². The number of hydrogen-bond donors (Lipinski definition) is 1. The molecule has 0 saturated carbocycles. The van der Waals surface area contributed by atoms with Crippen LogP contribution in [0.3, 0.4) is 0 Å². The number of carbonyl (C=O) groups excluding carboxylic acids is 2. The van der Waals surface area contributed by atoms with Crippen LogP contribution < -0.4 is 0 Å². The van der Waals surface area contributed by atoms with Gasteiger partial charge in [-0.1, -0.05) is 17.2 Å². The molecule has 7 nitrogen and oxygen atoms in total. The maximum absolute atomic E-state index is 13.9. The summed E-state index contributed by atoms with van der Waals surface area (Å²) < 4.78 is 0. The second-order valence-corrected chi connectivity index (χ2v) is 15.2. The molecular weight excluding hydrogens is 554 g/mol. The highest BCUT2D eigenvalue weighted by atomic mass is 32.1. The van der Waals surface area contributed by atoms with Gasteiger partial charge in [0, 0.05) is 68.2 Å². The predicted octanol–water partition coefficient (Wildman–Crippen LogP) is 5.34. The van der Waals surface area contributed by atoms with Crippen LogP contribution in [0.2, 0.25) is 0 Å². The largest absolute Gasteiger partial charge is 0.346 e. The Kier molecular flexibility index (Phi) is 7.67. The van der Waals surface area contributed by atoms with Gasteiger partial charge in [0.05, 0.1) is 17.7 Å². The zero-order chi connectivity index (χ0) is 29.9. The number of amides is 2. The lowest BCUT2D eigenvalue weighted by Gasteiger charge is -2.37. The Morgan fingerprint density at radius 1 is 0.884 bits per heavy atom. The van der Waals surface area contributed by atoms with Crippen LogP contribution >= 0.6 is 11.3 Å². The van der Waals surface area contributed by atoms with E-state index in [4.69, 9.17) is 0 Å². The van der Waals surface area contributed by atoms with E-state index in [0.29, 0.717) is 30.4 Å². The Hall–Kier alpha value is -2.68. The van der Waals surface area contributed by atoms with E-state index in [1.165, 1.54) is 68.7 Å². The number of carbonyl (C=O) groups is 2. The fourth-order valence-electron chi connectivity index (χ4n) is 7.94. The molecule has 4 aliphatic heterocycles. The van der Waals surface area contributed by atoms with Crippen LogP contribution in [-0.2, 0) is 21.4 Å². The van der Waals surface area contributed by atoms with Crippen LogP contribution in [0.4, 0.5) is 0 Å². The van der Waals surface area contributed by atoms with Crippen LogP contribution in [0.25, 0.3) is 21.5 Å². The van der Waals surface area contributed by atoms with Crippen LogP contribution in [0.5, 0.6) is 0 Å². The Morgan fingerprint density at radius 2 is 1.51 bits per heavy atom. The molecule has 0 atom stereocenters. The first-order chi connectivity index (χ1) is 20.7. The van der Waals surface area contributed by atoms with Gasteiger partial charge < -0.3 is 19.7 Å². The van der Waals surface area contributed by atoms with E-state index < -0.39 is 5.41 Å². The summed E-state index contributed by atoms with van der Waals surface area (Å²) in [4.78, 5) is 41.7. The van der Waals surface area contributed by atoms with Crippen LogP contribution in [0.15, 0.2) is 24.3 Å². The summed E-state index contributed by atoms with van der Waals surface area (Å²) in [6.45, 7) is 15.9. The molecule has 4 aliphatic rings. The summed E-state index contributed by atoms with van der Waals surface area (Å²) in [5, 5.41) is 1.28. The van der Waals surface area contributed by atoms with Crippen molar-refractivity contribution in [3.8, 4) is 11.3 Å². The highest BCUT2D eigenvalue weighted by Crippen LogP contribution is 2.44. The quantitative estimate of drug-likeness (QED) is 0.379. The standard InChI is InChI=1S/C35H47N5O2S/c1-23-18-24(2)20-25(19-23)32-28(10-13-37-14-16-38(17-15-37)22-31(41)39-11-5-12-39)29-21-30(43-33(29)36-32)35(3,4)34(42)40-26-6-7-27(40)9-8-26/h18-21,26-27,36H,5-17,22H2,1-4H3. The average Bonchev–Trinajstić information content (AvgIpc) is 3.71. The van der Waals surface area contributed by atoms with Crippen molar-refractivity contribution >= 4 is 33.4 Å². The molecule has 230 valence electrons. The number of thiophene rings is 1. The first-order valence-electron chi connectivity index (χ1n) is 16.5. The molecule has 7 rings (SSSR count). The second kappa shape index (κ2) is 11.4. The van der Waals surface area contributed by atoms with Gasteiger partial charge in [-0.3, -0.25) is 14.5 Å². The van der Waals surface area contributed by atoms with Crippen LogP contribution in [0, 0.1) is 13.8 Å². The normalized spacial score (nSPS) is 23.0. The summed E-state index contributed by atoms with van der Waals surface area (Å²) in [5.41, 5.74) is 5.85. The molecule has 8 heteroatoms. The maximum Gasteiger partial charge on any atom is 0.236 e. The number of H-pyrrole nitrogens is 1. The Labute approximate surface area is 260 Å². The summed E-state index contributed by atoms with van der Waals surface area (Å²) in [6, 6.07) is 10.0. The number of nitrogens with zero attached hydrogens (tertiary/aromatic N) is 4. The van der Waals surface area contributed by atoms with Gasteiger partial charge in [0.15, 0.2) is 0 Å². The number of aromatic amines is 1. The van der Waals surface area contributed by atoms with Crippen molar-refractivity contribution in [2.24, 2.45) is 0 Å². The smallest absolute Gasteiger partial charge is 0.236 e. The summed E-state index contributed by atoms with van der Waals surface area (Å²) in [5.74, 6) is 0.600. The molecule has 2 amide bonds. The third-order valence-electron chi connectivity index (χ3n) is 10.7. The van der Waals surface area contributed by atoms with Crippen molar-refractivity contribution in [3.63, 3.8) is 0 Å². The van der Waals surface area contributed by atoms with Crippen molar-refractivity contribution in [2.45, 2.75) is 83.7 Å². The minimum Gasteiger partial charge on any atom is -0.346 e. The van der Waals surface area contributed by atoms with E-state index in [0.717, 1.165) is 58.7 Å². The molecule has 6 heterocycles. The molecule has 0 unspecified atom stereocenters. The molecule has 0 radical (unpaired) electrons. The van der Waals surface area contributed by atoms with E-state index in [9.17, 15) is 9.59 Å². The molecule has 1 N–H and O–H groups in total. The number of hydrogen-bond acceptors (Lipinski definition) is 5. The number of benzene rings is 1. The topological polar surface area (TPSA) is 62.9 Å². The van der Waals surface area contributed by atoms with Gasteiger partial charge in [0.2, 0.25) is 11.8 Å². The number of rotatable bonds is 8. The van der Waals surface area contributed by atoms with Crippen molar-refractivity contribution < 1.29 is 9.59 Å². The molecule has 0 aliphatic carbocycles. The molecule has 43 heavy (non-hydrogen) atoms. The van der Waals surface area contributed by atoms with Crippen molar-refractivity contribution in [3.05, 3.63) is 45.8 Å². The molecule has 4 fully saturated rings. The lowest BCUT2D eigenvalue weighted by molar-refractivity contribution is -0.137. The lowest BCUT2D eigenvalue weighted by Crippen LogP contribution is -2.52. The number of aryl methyl sites for hydroxylation is 2. The zero-order valence-electron chi connectivity index (χ0n) is 26.4. The third kappa shape index (κ3) is 5.44. The average molecular weight is 602 g/mol. The van der Waals surface area contributed by atoms with Gasteiger partial charge in [-0.2, -0.15) is 0 Å². The molecule has 2 aromatic heterocycles. The van der Waals surface area contributed by atoms with Gasteiger partial charge in [0.1, 0.15) is 4.83 Å². The van der Waals surface area contributed by atoms with Gasteiger partial charge in [-0.15, -0.1) is 11.3 Å². The summed E-state index contributed by atoms with van der Waals surface area (Å²) in [6.07, 6.45) is 6.79. The summed E-state index contributed by atoms with van der Waals surface area (Å²) >= 11 is 1.77. The summed E-state index contributed by atoms with van der Waals surface area (Å²) in [7, 11) is 0. The number of piperazine rings is 1. The number of likely N-dealkylation sites (tertiary alicyclic amines) is 1. The molecule has 2 bridgehead atoms. The van der Waals surface area contributed by atoms with Crippen LogP contribution in [0.1, 0.15) is 67.5 Å². The highest BCUT2D eigenvalue weighted by Gasteiger charge is 2.47. The Bertz CT molecular complexity index is 1490. The molecular formula is C35H47N5O2S. The van der Waals surface area contributed by atoms with E-state index in [1.54, 1.807) is 11.3 Å². The van der Waals surface area contributed by atoms with Crippen molar-refractivity contribution in [1.29, 1.82) is 0 Å². The van der Waals surface area contributed by atoms with Crippen molar-refractivity contribution in [1.82, 2.24) is 24.6 Å². The first-order valence-corrected chi connectivity index (χ1v) is 17.3. The lowest BCUT2D eigenvalue weighted by atomic mass is 9.88. The maximum atomic E-state index is 13.9. The first kappa shape index (κ1) is 29.1. The minimum absolute atomic E-state index is 0.291. The van der Waals surface area contributed by atoms with Gasteiger partial charge in [-0.05, 0) is 95.5 Å². The van der Waals surface area contributed by atoms with E-state index in [-0.39, 0.29) is 0 Å². The van der Waals surface area contributed by atoms with Gasteiger partial charge in [-0.25, -0.2) is 0 Å². The Balaban J connectivity index is 1.12. The SMILES string of the molecule is Cc1cc(C)cc(-c2[nH]c3sc(C(C)(C)C(=O)N4C5CCC4CC5)cc3c2CCN2CCN(CC(=O)N3CCC3)CC2)c1. The van der Waals surface area contributed by atoms with Crippen LogP contribution in [-0.4, -0.2) is 101 Å². The fraction of sp³-hybridized carbons (Fsp3) is 0.600. The zero-order valence-corrected chi connectivity index (χ0v) is 27.2. The predicted molar refractivity (Wildman–Crippen MR) is 175 cm³/mol. The fourth-order valence-corrected chi connectivity index (χ4v) is 9.12. The van der Waals surface area contributed by atoms with E-state index >= 15 is 0 Å². The molecule has 3 aromatic rings. The minimum atomic E-state index is -0.531. The van der Waals surface area contributed by atoms with E-state index in [2.05, 4.69) is 71.6 Å². The van der Waals surface area contributed by atoms with Gasteiger partial charge in [0.25, 0.3) is 0 Å². The molecule has 4 saturated heterocycles. The monoisotopic (exact) mass is 601 g/mol. The number of aromatic nitrogens is 1. The highest BCUT2D eigenvalue weighted by molar-refractivity contribution is 7.19. The molecule has 1 aromatic carbocycles. The molecule has 0 spiro atoms. The number of nitrogens with one attached hydrogen (secondary N) is 1. The second-order valence-electron chi connectivity index (χ2n) is 14.1. The Morgan fingerprint density at radius 3 is 2.12 bits per heavy atom. The van der Waals surface area contributed by atoms with E-state index in [1.807, 2.05) is 4.90 Å². The van der Waals surface area contributed by atoms with Crippen molar-refractivity contribution in [2.75, 3.05) is 52.4 Å².